The lowest BCUT2D eigenvalue weighted by Gasteiger charge is -2.25. The van der Waals surface area contributed by atoms with Gasteiger partial charge in [0, 0.05) is 13.1 Å². The normalized spacial score (nSPS) is 16.5. The zero-order chi connectivity index (χ0) is 17.6. The highest BCUT2D eigenvalue weighted by Crippen LogP contribution is 2.14. The number of aryl methyl sites for hydroxylation is 1. The van der Waals surface area contributed by atoms with E-state index in [2.05, 4.69) is 4.72 Å². The molecule has 1 aliphatic rings. The smallest absolute Gasteiger partial charge is 0.240 e. The Bertz CT molecular complexity index is 623. The molecule has 2 rings (SSSR count). The Labute approximate surface area is 145 Å². The van der Waals surface area contributed by atoms with Gasteiger partial charge in [0.25, 0.3) is 0 Å². The van der Waals surface area contributed by atoms with Gasteiger partial charge in [0.15, 0.2) is 0 Å². The van der Waals surface area contributed by atoms with E-state index < -0.39 is 16.1 Å². The van der Waals surface area contributed by atoms with E-state index in [4.69, 9.17) is 0 Å². The molecule has 1 N–H and O–H groups in total. The third-order valence-corrected chi connectivity index (χ3v) is 5.63. The lowest BCUT2D eigenvalue weighted by Crippen LogP contribution is -2.49. The summed E-state index contributed by atoms with van der Waals surface area (Å²) in [5, 5.41) is 0. The van der Waals surface area contributed by atoms with Gasteiger partial charge in [0.05, 0.1) is 5.75 Å². The standard InChI is InChI=1S/C18H28N2O3S/c1-15(2)14-17(18(21)20-11-6-7-12-20)19-24(22,23)13-10-16-8-4-3-5-9-16/h3-5,8-9,15,17,19H,6-7,10-14H2,1-2H3/t17-/m0/s1. The van der Waals surface area contributed by atoms with E-state index in [-0.39, 0.29) is 17.6 Å². The number of hydrogen-bond acceptors (Lipinski definition) is 3. The van der Waals surface area contributed by atoms with Gasteiger partial charge in [-0.2, -0.15) is 0 Å². The van der Waals surface area contributed by atoms with Crippen LogP contribution in [0.25, 0.3) is 0 Å². The molecule has 1 aromatic rings. The summed E-state index contributed by atoms with van der Waals surface area (Å²) >= 11 is 0. The van der Waals surface area contributed by atoms with Crippen LogP contribution in [-0.2, 0) is 21.2 Å². The third-order valence-electron chi connectivity index (χ3n) is 4.25. The Kier molecular flexibility index (Phi) is 6.80. The van der Waals surface area contributed by atoms with Crippen molar-refractivity contribution in [3.8, 4) is 0 Å². The maximum atomic E-state index is 12.6. The second kappa shape index (κ2) is 8.62. The molecular formula is C18H28N2O3S. The van der Waals surface area contributed by atoms with Crippen molar-refractivity contribution in [2.45, 2.75) is 45.6 Å². The average molecular weight is 353 g/mol. The van der Waals surface area contributed by atoms with E-state index in [0.717, 1.165) is 31.5 Å². The van der Waals surface area contributed by atoms with E-state index in [1.54, 1.807) is 4.90 Å². The van der Waals surface area contributed by atoms with Gasteiger partial charge < -0.3 is 4.90 Å². The van der Waals surface area contributed by atoms with Crippen LogP contribution in [0.5, 0.6) is 0 Å². The Balaban J connectivity index is 1.99. The molecule has 1 aliphatic heterocycles. The Morgan fingerprint density at radius 2 is 1.79 bits per heavy atom. The molecule has 1 heterocycles. The fourth-order valence-electron chi connectivity index (χ4n) is 3.00. The number of rotatable bonds is 8. The van der Waals surface area contributed by atoms with Gasteiger partial charge >= 0.3 is 0 Å². The zero-order valence-electron chi connectivity index (χ0n) is 14.6. The number of nitrogens with zero attached hydrogens (tertiary/aromatic N) is 1. The molecule has 0 bridgehead atoms. The Morgan fingerprint density at radius 3 is 2.38 bits per heavy atom. The molecule has 1 atom stereocenters. The van der Waals surface area contributed by atoms with Crippen molar-refractivity contribution in [1.82, 2.24) is 9.62 Å². The third kappa shape index (κ3) is 5.91. The summed E-state index contributed by atoms with van der Waals surface area (Å²) in [6, 6.07) is 8.88. The topological polar surface area (TPSA) is 66.5 Å². The quantitative estimate of drug-likeness (QED) is 0.780. The average Bonchev–Trinajstić information content (AvgIpc) is 3.06. The first-order chi connectivity index (χ1) is 11.4. The van der Waals surface area contributed by atoms with Gasteiger partial charge in [0.2, 0.25) is 15.9 Å². The monoisotopic (exact) mass is 352 g/mol. The lowest BCUT2D eigenvalue weighted by molar-refractivity contribution is -0.132. The van der Waals surface area contributed by atoms with Crippen LogP contribution in [0.4, 0.5) is 0 Å². The number of hydrogen-bond donors (Lipinski definition) is 1. The summed E-state index contributed by atoms with van der Waals surface area (Å²) in [6.45, 7) is 5.48. The van der Waals surface area contributed by atoms with Gasteiger partial charge in [0.1, 0.15) is 6.04 Å². The molecule has 134 valence electrons. The molecule has 24 heavy (non-hydrogen) atoms. The lowest BCUT2D eigenvalue weighted by atomic mass is 10.0. The van der Waals surface area contributed by atoms with Crippen LogP contribution in [0, 0.1) is 5.92 Å². The second-order valence-electron chi connectivity index (χ2n) is 6.89. The van der Waals surface area contributed by atoms with Crippen molar-refractivity contribution in [3.05, 3.63) is 35.9 Å². The molecule has 1 aromatic carbocycles. The van der Waals surface area contributed by atoms with Crippen molar-refractivity contribution in [3.63, 3.8) is 0 Å². The van der Waals surface area contributed by atoms with Crippen LogP contribution in [0.3, 0.4) is 0 Å². The minimum Gasteiger partial charge on any atom is -0.341 e. The van der Waals surface area contributed by atoms with Gasteiger partial charge in [-0.05, 0) is 37.2 Å². The van der Waals surface area contributed by atoms with Crippen molar-refractivity contribution in [2.75, 3.05) is 18.8 Å². The van der Waals surface area contributed by atoms with E-state index >= 15 is 0 Å². The predicted molar refractivity (Wildman–Crippen MR) is 96.1 cm³/mol. The molecule has 1 amide bonds. The van der Waals surface area contributed by atoms with Crippen LogP contribution < -0.4 is 4.72 Å². The van der Waals surface area contributed by atoms with Crippen LogP contribution in [0.1, 0.15) is 38.7 Å². The number of benzene rings is 1. The second-order valence-corrected chi connectivity index (χ2v) is 8.76. The largest absolute Gasteiger partial charge is 0.341 e. The fourth-order valence-corrected chi connectivity index (χ4v) is 4.25. The van der Waals surface area contributed by atoms with Crippen LogP contribution in [0.15, 0.2) is 30.3 Å². The summed E-state index contributed by atoms with van der Waals surface area (Å²) in [6.07, 6.45) is 2.98. The van der Waals surface area contributed by atoms with Crippen molar-refractivity contribution >= 4 is 15.9 Å². The number of nitrogens with one attached hydrogen (secondary N) is 1. The highest BCUT2D eigenvalue weighted by atomic mass is 32.2. The molecule has 5 nitrogen and oxygen atoms in total. The van der Waals surface area contributed by atoms with E-state index in [0.29, 0.717) is 12.8 Å². The predicted octanol–water partition coefficient (Wildman–Crippen LogP) is 2.19. The van der Waals surface area contributed by atoms with Gasteiger partial charge in [-0.1, -0.05) is 44.2 Å². The van der Waals surface area contributed by atoms with E-state index in [9.17, 15) is 13.2 Å². The molecule has 0 spiro atoms. The Morgan fingerprint density at radius 1 is 1.17 bits per heavy atom. The maximum absolute atomic E-state index is 12.6. The summed E-state index contributed by atoms with van der Waals surface area (Å²) in [4.78, 5) is 14.4. The molecular weight excluding hydrogens is 324 g/mol. The zero-order valence-corrected chi connectivity index (χ0v) is 15.4. The number of sulfonamides is 1. The number of likely N-dealkylation sites (tertiary alicyclic amines) is 1. The first kappa shape index (κ1) is 18.9. The van der Waals surface area contributed by atoms with Gasteiger partial charge in [-0.15, -0.1) is 0 Å². The highest BCUT2D eigenvalue weighted by molar-refractivity contribution is 7.89. The first-order valence-electron chi connectivity index (χ1n) is 8.70. The summed E-state index contributed by atoms with van der Waals surface area (Å²) in [7, 11) is -3.50. The summed E-state index contributed by atoms with van der Waals surface area (Å²) in [5.74, 6) is 0.168. The molecule has 0 aromatic heterocycles. The van der Waals surface area contributed by atoms with E-state index in [1.807, 2.05) is 44.2 Å². The van der Waals surface area contributed by atoms with Crippen LogP contribution in [0.2, 0.25) is 0 Å². The molecule has 0 radical (unpaired) electrons. The van der Waals surface area contributed by atoms with Gasteiger partial charge in [-0.3, -0.25) is 4.79 Å². The summed E-state index contributed by atoms with van der Waals surface area (Å²) in [5.41, 5.74) is 0.981. The van der Waals surface area contributed by atoms with Crippen LogP contribution in [-0.4, -0.2) is 44.1 Å². The van der Waals surface area contributed by atoms with Crippen molar-refractivity contribution in [2.24, 2.45) is 5.92 Å². The molecule has 0 unspecified atom stereocenters. The molecule has 1 saturated heterocycles. The number of carbonyl (C=O) groups is 1. The molecule has 0 saturated carbocycles. The molecule has 0 aliphatic carbocycles. The SMILES string of the molecule is CC(C)C[C@H](NS(=O)(=O)CCc1ccccc1)C(=O)N1CCCC1. The van der Waals surface area contributed by atoms with E-state index in [1.165, 1.54) is 0 Å². The first-order valence-corrected chi connectivity index (χ1v) is 10.4. The van der Waals surface area contributed by atoms with Crippen molar-refractivity contribution in [1.29, 1.82) is 0 Å². The van der Waals surface area contributed by atoms with Crippen molar-refractivity contribution < 1.29 is 13.2 Å². The van der Waals surface area contributed by atoms with Gasteiger partial charge in [-0.25, -0.2) is 13.1 Å². The minimum atomic E-state index is -3.50. The Hall–Kier alpha value is -1.40. The fraction of sp³-hybridized carbons (Fsp3) is 0.611. The maximum Gasteiger partial charge on any atom is 0.240 e. The minimum absolute atomic E-state index is 0.00110. The van der Waals surface area contributed by atoms with Crippen LogP contribution >= 0.6 is 0 Å². The molecule has 1 fully saturated rings. The number of amides is 1. The highest BCUT2D eigenvalue weighted by Gasteiger charge is 2.30. The number of carbonyl (C=O) groups excluding carboxylic acids is 1. The summed E-state index contributed by atoms with van der Waals surface area (Å²) < 4.78 is 27.5. The molecule has 6 heteroatoms.